The quantitative estimate of drug-likeness (QED) is 0.661. The Hall–Kier alpha value is -0.400. The zero-order valence-corrected chi connectivity index (χ0v) is 7.83. The van der Waals surface area contributed by atoms with Crippen LogP contribution in [0.2, 0.25) is 10.0 Å². The number of halogens is 2. The second-order valence-corrected chi connectivity index (χ2v) is 3.05. The smallest absolute Gasteiger partial charge is 0.137 e. The highest BCUT2D eigenvalue weighted by Gasteiger charge is 2.03. The molecule has 0 amide bonds. The molecule has 0 fully saturated rings. The third-order valence-electron chi connectivity index (χ3n) is 1.43. The van der Waals surface area contributed by atoms with Crippen LogP contribution < -0.4 is 4.74 Å². The molecule has 0 spiro atoms. The summed E-state index contributed by atoms with van der Waals surface area (Å²) in [6.07, 6.45) is 0. The summed E-state index contributed by atoms with van der Waals surface area (Å²) in [6.45, 7) is 1.90. The van der Waals surface area contributed by atoms with Crippen LogP contribution in [0.15, 0.2) is 12.1 Å². The number of hydrogen-bond acceptors (Lipinski definition) is 1. The summed E-state index contributed by atoms with van der Waals surface area (Å²) in [5.74, 6) is 0.661. The third kappa shape index (κ3) is 1.79. The van der Waals surface area contributed by atoms with Crippen LogP contribution in [0, 0.1) is 6.92 Å². The molecule has 0 saturated carbocycles. The van der Waals surface area contributed by atoms with E-state index in [2.05, 4.69) is 0 Å². The molecule has 0 atom stereocenters. The second-order valence-electron chi connectivity index (χ2n) is 2.24. The highest BCUT2D eigenvalue weighted by molar-refractivity contribution is 6.35. The Bertz CT molecular complexity index is 271. The van der Waals surface area contributed by atoms with Crippen molar-refractivity contribution in [1.29, 1.82) is 0 Å². The summed E-state index contributed by atoms with van der Waals surface area (Å²) in [4.78, 5) is 0. The fourth-order valence-corrected chi connectivity index (χ4v) is 1.25. The van der Waals surface area contributed by atoms with Crippen LogP contribution in [-0.2, 0) is 0 Å². The standard InChI is InChI=1S/C8H8Cl2O/c1-5-3-8(11-2)7(10)4-6(5)9/h3-4H,1-2H3. The van der Waals surface area contributed by atoms with Gasteiger partial charge < -0.3 is 4.74 Å². The third-order valence-corrected chi connectivity index (χ3v) is 2.14. The summed E-state index contributed by atoms with van der Waals surface area (Å²) in [5.41, 5.74) is 0.966. The molecule has 0 saturated heterocycles. The average Bonchev–Trinajstić information content (AvgIpc) is 1.97. The van der Waals surface area contributed by atoms with E-state index in [0.29, 0.717) is 15.8 Å². The molecule has 1 rings (SSSR count). The Labute approximate surface area is 75.9 Å². The highest BCUT2D eigenvalue weighted by Crippen LogP contribution is 2.29. The molecule has 1 aromatic carbocycles. The van der Waals surface area contributed by atoms with Crippen LogP contribution in [0.25, 0.3) is 0 Å². The van der Waals surface area contributed by atoms with Crippen molar-refractivity contribution in [2.45, 2.75) is 6.92 Å². The van der Waals surface area contributed by atoms with Crippen molar-refractivity contribution in [1.82, 2.24) is 0 Å². The number of rotatable bonds is 1. The number of methoxy groups -OCH3 is 1. The molecule has 0 aliphatic carbocycles. The maximum atomic E-state index is 5.80. The van der Waals surface area contributed by atoms with Crippen molar-refractivity contribution < 1.29 is 4.74 Å². The van der Waals surface area contributed by atoms with Gasteiger partial charge >= 0.3 is 0 Å². The Kier molecular flexibility index (Phi) is 2.63. The van der Waals surface area contributed by atoms with Crippen molar-refractivity contribution in [2.75, 3.05) is 7.11 Å². The van der Waals surface area contributed by atoms with Crippen molar-refractivity contribution in [2.24, 2.45) is 0 Å². The lowest BCUT2D eigenvalue weighted by atomic mass is 10.2. The van der Waals surface area contributed by atoms with Crippen molar-refractivity contribution >= 4 is 23.2 Å². The Morgan fingerprint density at radius 3 is 2.36 bits per heavy atom. The normalized spacial score (nSPS) is 9.82. The molecule has 0 N–H and O–H groups in total. The first-order valence-corrected chi connectivity index (χ1v) is 3.90. The van der Waals surface area contributed by atoms with Gasteiger partial charge in [0.1, 0.15) is 5.75 Å². The van der Waals surface area contributed by atoms with E-state index in [1.807, 2.05) is 13.0 Å². The summed E-state index contributed by atoms with van der Waals surface area (Å²) < 4.78 is 4.99. The van der Waals surface area contributed by atoms with Gasteiger partial charge in [-0.3, -0.25) is 0 Å². The molecular weight excluding hydrogens is 183 g/mol. The molecule has 0 radical (unpaired) electrons. The van der Waals surface area contributed by atoms with Crippen LogP contribution in [0.5, 0.6) is 5.75 Å². The van der Waals surface area contributed by atoms with Crippen LogP contribution in [0.3, 0.4) is 0 Å². The van der Waals surface area contributed by atoms with Gasteiger partial charge in [-0.05, 0) is 24.6 Å². The number of ether oxygens (including phenoxy) is 1. The van der Waals surface area contributed by atoms with Gasteiger partial charge in [0, 0.05) is 5.02 Å². The van der Waals surface area contributed by atoms with Crippen LogP contribution in [0.1, 0.15) is 5.56 Å². The van der Waals surface area contributed by atoms with Crippen molar-refractivity contribution in [3.8, 4) is 5.75 Å². The van der Waals surface area contributed by atoms with E-state index in [-0.39, 0.29) is 0 Å². The number of benzene rings is 1. The first kappa shape index (κ1) is 8.69. The molecule has 0 unspecified atom stereocenters. The van der Waals surface area contributed by atoms with E-state index in [1.54, 1.807) is 13.2 Å². The maximum Gasteiger partial charge on any atom is 0.137 e. The van der Waals surface area contributed by atoms with Gasteiger partial charge in [-0.2, -0.15) is 0 Å². The molecular formula is C8H8Cl2O. The lowest BCUT2D eigenvalue weighted by Crippen LogP contribution is -1.85. The van der Waals surface area contributed by atoms with E-state index in [0.717, 1.165) is 5.56 Å². The molecule has 0 heterocycles. The first-order valence-electron chi connectivity index (χ1n) is 3.15. The molecule has 0 bridgehead atoms. The zero-order chi connectivity index (χ0) is 8.43. The summed E-state index contributed by atoms with van der Waals surface area (Å²) in [5, 5.41) is 1.21. The van der Waals surface area contributed by atoms with Gasteiger partial charge in [0.15, 0.2) is 0 Å². The first-order chi connectivity index (χ1) is 5.15. The molecule has 1 aromatic rings. The molecule has 60 valence electrons. The zero-order valence-electron chi connectivity index (χ0n) is 6.32. The molecule has 0 aliphatic heterocycles. The van der Waals surface area contributed by atoms with Crippen LogP contribution >= 0.6 is 23.2 Å². The minimum atomic E-state index is 0.545. The molecule has 0 aromatic heterocycles. The van der Waals surface area contributed by atoms with Gasteiger partial charge in [0.05, 0.1) is 12.1 Å². The minimum Gasteiger partial charge on any atom is -0.495 e. The SMILES string of the molecule is COc1cc(C)c(Cl)cc1Cl. The van der Waals surface area contributed by atoms with E-state index < -0.39 is 0 Å². The highest BCUT2D eigenvalue weighted by atomic mass is 35.5. The van der Waals surface area contributed by atoms with Crippen molar-refractivity contribution in [3.63, 3.8) is 0 Å². The molecule has 3 heteroatoms. The summed E-state index contributed by atoms with van der Waals surface area (Å²) >= 11 is 11.6. The second kappa shape index (κ2) is 3.33. The monoisotopic (exact) mass is 190 g/mol. The van der Waals surface area contributed by atoms with E-state index in [1.165, 1.54) is 0 Å². The van der Waals surface area contributed by atoms with Crippen LogP contribution in [-0.4, -0.2) is 7.11 Å². The maximum absolute atomic E-state index is 5.80. The fourth-order valence-electron chi connectivity index (χ4n) is 0.787. The Morgan fingerprint density at radius 1 is 1.18 bits per heavy atom. The summed E-state index contributed by atoms with van der Waals surface area (Å²) in [7, 11) is 1.58. The lowest BCUT2D eigenvalue weighted by Gasteiger charge is -2.04. The van der Waals surface area contributed by atoms with Crippen LogP contribution in [0.4, 0.5) is 0 Å². The topological polar surface area (TPSA) is 9.23 Å². The Balaban J connectivity index is 3.21. The predicted octanol–water partition coefficient (Wildman–Crippen LogP) is 3.31. The van der Waals surface area contributed by atoms with Gasteiger partial charge in [-0.15, -0.1) is 0 Å². The Morgan fingerprint density at radius 2 is 1.82 bits per heavy atom. The average molecular weight is 191 g/mol. The van der Waals surface area contributed by atoms with E-state index in [9.17, 15) is 0 Å². The molecule has 11 heavy (non-hydrogen) atoms. The number of aryl methyl sites for hydroxylation is 1. The predicted molar refractivity (Wildman–Crippen MR) is 47.8 cm³/mol. The molecule has 0 aliphatic rings. The van der Waals surface area contributed by atoms with Gasteiger partial charge in [0.25, 0.3) is 0 Å². The largest absolute Gasteiger partial charge is 0.495 e. The minimum absolute atomic E-state index is 0.545. The van der Waals surface area contributed by atoms with E-state index >= 15 is 0 Å². The van der Waals surface area contributed by atoms with E-state index in [4.69, 9.17) is 27.9 Å². The molecule has 1 nitrogen and oxygen atoms in total. The number of hydrogen-bond donors (Lipinski definition) is 0. The van der Waals surface area contributed by atoms with Gasteiger partial charge in [-0.1, -0.05) is 23.2 Å². The lowest BCUT2D eigenvalue weighted by molar-refractivity contribution is 0.414. The van der Waals surface area contributed by atoms with Gasteiger partial charge in [-0.25, -0.2) is 0 Å². The van der Waals surface area contributed by atoms with Crippen molar-refractivity contribution in [3.05, 3.63) is 27.7 Å². The van der Waals surface area contributed by atoms with Gasteiger partial charge in [0.2, 0.25) is 0 Å². The fraction of sp³-hybridized carbons (Fsp3) is 0.250. The summed E-state index contributed by atoms with van der Waals surface area (Å²) in [6, 6.07) is 3.49.